The van der Waals surface area contributed by atoms with Crippen LogP contribution in [0.15, 0.2) is 74.5 Å². The third kappa shape index (κ3) is 3.65. The number of para-hydroxylation sites is 1. The van der Waals surface area contributed by atoms with Crippen molar-refractivity contribution in [3.8, 4) is 11.3 Å². The van der Waals surface area contributed by atoms with Gasteiger partial charge < -0.3 is 4.42 Å². The molecule has 1 saturated heterocycles. The summed E-state index contributed by atoms with van der Waals surface area (Å²) in [5.74, 6) is 1.25. The molecular weight excluding hydrogens is 442 g/mol. The fourth-order valence-corrected chi connectivity index (χ4v) is 4.35. The zero-order valence-electron chi connectivity index (χ0n) is 14.3. The Kier molecular flexibility index (Phi) is 5.04. The number of rotatable bonds is 3. The van der Waals surface area contributed by atoms with Crippen LogP contribution in [0.5, 0.6) is 0 Å². The van der Waals surface area contributed by atoms with Crippen molar-refractivity contribution >= 4 is 61.9 Å². The first-order valence-electron chi connectivity index (χ1n) is 8.22. The standard InChI is InChI=1S/C21H14BrNO2S2/c1-13-4-2-3-5-17(13)23-20(24)19(27-21(23)26)12-16-10-11-18(25-16)14-6-8-15(22)9-7-14/h2-12H,1H3. The number of thiocarbonyl (C=S) groups is 1. The number of thioether (sulfide) groups is 1. The van der Waals surface area contributed by atoms with E-state index in [1.165, 1.54) is 11.8 Å². The van der Waals surface area contributed by atoms with E-state index in [9.17, 15) is 4.79 Å². The van der Waals surface area contributed by atoms with Gasteiger partial charge in [-0.25, -0.2) is 0 Å². The van der Waals surface area contributed by atoms with E-state index in [2.05, 4.69) is 15.9 Å². The summed E-state index contributed by atoms with van der Waals surface area (Å²) in [7, 11) is 0. The Hall–Kier alpha value is -2.15. The number of aryl methyl sites for hydroxylation is 1. The molecule has 0 spiro atoms. The highest BCUT2D eigenvalue weighted by Gasteiger charge is 2.34. The minimum absolute atomic E-state index is 0.124. The molecule has 1 aliphatic heterocycles. The van der Waals surface area contributed by atoms with Crippen molar-refractivity contribution in [3.63, 3.8) is 0 Å². The molecule has 2 heterocycles. The van der Waals surface area contributed by atoms with Gasteiger partial charge in [-0.3, -0.25) is 9.69 Å². The van der Waals surface area contributed by atoms with Crippen LogP contribution in [-0.2, 0) is 4.79 Å². The molecule has 0 aliphatic carbocycles. The summed E-state index contributed by atoms with van der Waals surface area (Å²) in [6.07, 6.45) is 1.75. The van der Waals surface area contributed by atoms with Gasteiger partial charge in [-0.2, -0.15) is 0 Å². The molecule has 0 N–H and O–H groups in total. The van der Waals surface area contributed by atoms with E-state index in [-0.39, 0.29) is 5.91 Å². The largest absolute Gasteiger partial charge is 0.457 e. The summed E-state index contributed by atoms with van der Waals surface area (Å²) in [4.78, 5) is 15.0. The number of benzene rings is 2. The molecule has 6 heteroatoms. The summed E-state index contributed by atoms with van der Waals surface area (Å²) >= 11 is 10.2. The van der Waals surface area contributed by atoms with Gasteiger partial charge in [0.05, 0.1) is 10.6 Å². The number of hydrogen-bond donors (Lipinski definition) is 0. The molecule has 4 rings (SSSR count). The summed E-state index contributed by atoms with van der Waals surface area (Å²) in [5.41, 5.74) is 2.80. The Balaban J connectivity index is 1.62. The minimum Gasteiger partial charge on any atom is -0.457 e. The molecule has 134 valence electrons. The van der Waals surface area contributed by atoms with Crippen molar-refractivity contribution in [2.24, 2.45) is 0 Å². The van der Waals surface area contributed by atoms with Crippen molar-refractivity contribution in [2.45, 2.75) is 6.92 Å². The van der Waals surface area contributed by atoms with Gasteiger partial charge in [0.15, 0.2) is 4.32 Å². The van der Waals surface area contributed by atoms with E-state index in [1.54, 1.807) is 11.0 Å². The SMILES string of the molecule is Cc1ccccc1N1C(=O)C(=Cc2ccc(-c3ccc(Br)cc3)o2)SC1=S. The minimum atomic E-state index is -0.124. The van der Waals surface area contributed by atoms with Crippen LogP contribution in [0.4, 0.5) is 5.69 Å². The fraction of sp³-hybridized carbons (Fsp3) is 0.0476. The topological polar surface area (TPSA) is 33.5 Å². The maximum Gasteiger partial charge on any atom is 0.270 e. The first kappa shape index (κ1) is 18.2. The number of carbonyl (C=O) groups excluding carboxylic acids is 1. The van der Waals surface area contributed by atoms with Gasteiger partial charge >= 0.3 is 0 Å². The lowest BCUT2D eigenvalue weighted by Crippen LogP contribution is -2.28. The Bertz CT molecular complexity index is 1070. The Morgan fingerprint density at radius 2 is 1.81 bits per heavy atom. The molecule has 1 amide bonds. The monoisotopic (exact) mass is 455 g/mol. The van der Waals surface area contributed by atoms with Crippen LogP contribution in [0, 0.1) is 6.92 Å². The average Bonchev–Trinajstić information content (AvgIpc) is 3.22. The highest BCUT2D eigenvalue weighted by molar-refractivity contribution is 9.10. The van der Waals surface area contributed by atoms with E-state index in [1.807, 2.05) is 67.6 Å². The van der Waals surface area contributed by atoms with E-state index >= 15 is 0 Å². The second-order valence-electron chi connectivity index (χ2n) is 6.01. The number of halogens is 1. The number of hydrogen-bond acceptors (Lipinski definition) is 4. The van der Waals surface area contributed by atoms with Crippen molar-refractivity contribution < 1.29 is 9.21 Å². The molecule has 0 unspecified atom stereocenters. The first-order valence-corrected chi connectivity index (χ1v) is 10.2. The van der Waals surface area contributed by atoms with Crippen LogP contribution in [0.3, 0.4) is 0 Å². The lowest BCUT2D eigenvalue weighted by molar-refractivity contribution is -0.113. The zero-order chi connectivity index (χ0) is 19.0. The third-order valence-corrected chi connectivity index (χ3v) is 6.01. The summed E-state index contributed by atoms with van der Waals surface area (Å²) in [6.45, 7) is 1.97. The van der Waals surface area contributed by atoms with Gasteiger partial charge in [0.2, 0.25) is 0 Å². The predicted molar refractivity (Wildman–Crippen MR) is 119 cm³/mol. The molecule has 0 bridgehead atoms. The van der Waals surface area contributed by atoms with Gasteiger partial charge in [0.25, 0.3) is 5.91 Å². The van der Waals surface area contributed by atoms with E-state index in [0.29, 0.717) is 15.0 Å². The lowest BCUT2D eigenvalue weighted by Gasteiger charge is -2.16. The molecule has 3 nitrogen and oxygen atoms in total. The summed E-state index contributed by atoms with van der Waals surface area (Å²) in [6, 6.07) is 19.4. The van der Waals surface area contributed by atoms with Gasteiger partial charge in [-0.1, -0.05) is 70.2 Å². The molecular formula is C21H14BrNO2S2. The Morgan fingerprint density at radius 3 is 2.56 bits per heavy atom. The van der Waals surface area contributed by atoms with Crippen molar-refractivity contribution in [2.75, 3.05) is 4.90 Å². The van der Waals surface area contributed by atoms with Crippen LogP contribution in [0.2, 0.25) is 0 Å². The first-order chi connectivity index (χ1) is 13.0. The van der Waals surface area contributed by atoms with Crippen LogP contribution >= 0.6 is 39.9 Å². The fourth-order valence-electron chi connectivity index (χ4n) is 2.82. The molecule has 1 fully saturated rings. The smallest absolute Gasteiger partial charge is 0.270 e. The highest BCUT2D eigenvalue weighted by Crippen LogP contribution is 2.37. The molecule has 3 aromatic rings. The van der Waals surface area contributed by atoms with E-state index in [4.69, 9.17) is 16.6 Å². The Morgan fingerprint density at radius 1 is 1.07 bits per heavy atom. The van der Waals surface area contributed by atoms with Gasteiger partial charge in [0, 0.05) is 16.1 Å². The molecule has 0 radical (unpaired) electrons. The maximum absolute atomic E-state index is 12.9. The number of carbonyl (C=O) groups is 1. The van der Waals surface area contributed by atoms with Gasteiger partial charge in [-0.05, 0) is 42.8 Å². The van der Waals surface area contributed by atoms with Crippen molar-refractivity contribution in [1.82, 2.24) is 0 Å². The van der Waals surface area contributed by atoms with Crippen molar-refractivity contribution in [1.29, 1.82) is 0 Å². The second-order valence-corrected chi connectivity index (χ2v) is 8.60. The molecule has 1 aromatic heterocycles. The van der Waals surface area contributed by atoms with E-state index in [0.717, 1.165) is 27.0 Å². The van der Waals surface area contributed by atoms with E-state index < -0.39 is 0 Å². The lowest BCUT2D eigenvalue weighted by atomic mass is 10.2. The van der Waals surface area contributed by atoms with Gasteiger partial charge in [-0.15, -0.1) is 0 Å². The normalized spacial score (nSPS) is 15.8. The predicted octanol–water partition coefficient (Wildman–Crippen LogP) is 6.42. The summed E-state index contributed by atoms with van der Waals surface area (Å²) in [5, 5.41) is 0. The molecule has 27 heavy (non-hydrogen) atoms. The van der Waals surface area contributed by atoms with Crippen LogP contribution in [0.25, 0.3) is 17.4 Å². The highest BCUT2D eigenvalue weighted by atomic mass is 79.9. The number of anilines is 1. The molecule has 0 atom stereocenters. The average molecular weight is 456 g/mol. The number of amides is 1. The molecule has 2 aromatic carbocycles. The van der Waals surface area contributed by atoms with Crippen LogP contribution in [0.1, 0.15) is 11.3 Å². The molecule has 0 saturated carbocycles. The zero-order valence-corrected chi connectivity index (χ0v) is 17.5. The van der Waals surface area contributed by atoms with Crippen LogP contribution in [-0.4, -0.2) is 10.2 Å². The molecule has 1 aliphatic rings. The van der Waals surface area contributed by atoms with Crippen molar-refractivity contribution in [3.05, 3.63) is 81.4 Å². The third-order valence-electron chi connectivity index (χ3n) is 4.18. The second kappa shape index (κ2) is 7.46. The van der Waals surface area contributed by atoms with Gasteiger partial charge in [0.1, 0.15) is 11.5 Å². The maximum atomic E-state index is 12.9. The quantitative estimate of drug-likeness (QED) is 0.336. The van der Waals surface area contributed by atoms with Crippen LogP contribution < -0.4 is 4.90 Å². The number of nitrogens with zero attached hydrogens (tertiary/aromatic N) is 1. The summed E-state index contributed by atoms with van der Waals surface area (Å²) < 4.78 is 7.44. The number of furan rings is 1. The Labute approximate surface area is 175 Å².